The van der Waals surface area contributed by atoms with E-state index in [1.807, 2.05) is 25.5 Å². The first-order valence-electron chi connectivity index (χ1n) is 7.26. The molecule has 6 nitrogen and oxygen atoms in total. The second kappa shape index (κ2) is 9.24. The van der Waals surface area contributed by atoms with Gasteiger partial charge in [-0.2, -0.15) is 16.4 Å². The highest BCUT2D eigenvalue weighted by atomic mass is 127. The van der Waals surface area contributed by atoms with Gasteiger partial charge in [0, 0.05) is 25.4 Å². The molecule has 1 atom stereocenters. The van der Waals surface area contributed by atoms with Gasteiger partial charge in [-0.3, -0.25) is 4.68 Å². The smallest absolute Gasteiger partial charge is 0.191 e. The minimum atomic E-state index is -1.01. The topological polar surface area (TPSA) is 74.5 Å². The van der Waals surface area contributed by atoms with Crippen LogP contribution in [-0.2, 0) is 19.2 Å². The molecule has 0 aromatic carbocycles. The molecule has 0 aliphatic heterocycles. The lowest BCUT2D eigenvalue weighted by Crippen LogP contribution is -2.44. The van der Waals surface area contributed by atoms with Gasteiger partial charge in [0.1, 0.15) is 5.60 Å². The summed E-state index contributed by atoms with van der Waals surface area (Å²) in [5, 5.41) is 25.2. The Kier molecular flexibility index (Phi) is 8.00. The van der Waals surface area contributed by atoms with E-state index in [0.717, 1.165) is 12.1 Å². The Bertz CT molecular complexity index is 609. The molecular formula is C15H24IN5OS. The Morgan fingerprint density at radius 3 is 2.83 bits per heavy atom. The average Bonchev–Trinajstić information content (AvgIpc) is 3.13. The molecule has 1 unspecified atom stereocenters. The number of hydrogen-bond donors (Lipinski definition) is 3. The zero-order valence-corrected chi connectivity index (χ0v) is 16.8. The Morgan fingerprint density at radius 1 is 1.48 bits per heavy atom. The van der Waals surface area contributed by atoms with E-state index in [1.165, 1.54) is 5.56 Å². The maximum Gasteiger partial charge on any atom is 0.191 e. The van der Waals surface area contributed by atoms with Crippen LogP contribution < -0.4 is 10.6 Å². The van der Waals surface area contributed by atoms with Crippen molar-refractivity contribution in [2.75, 3.05) is 13.1 Å². The molecule has 2 aromatic heterocycles. The molecule has 23 heavy (non-hydrogen) atoms. The molecule has 0 aliphatic rings. The lowest BCUT2D eigenvalue weighted by atomic mass is 10.00. The fourth-order valence-corrected chi connectivity index (χ4v) is 2.61. The molecule has 2 heterocycles. The summed E-state index contributed by atoms with van der Waals surface area (Å²) >= 11 is 1.66. The molecule has 3 N–H and O–H groups in total. The van der Waals surface area contributed by atoms with Crippen LogP contribution in [0, 0.1) is 0 Å². The van der Waals surface area contributed by atoms with E-state index in [0.29, 0.717) is 19.0 Å². The molecule has 0 fully saturated rings. The predicted molar refractivity (Wildman–Crippen MR) is 105 cm³/mol. The van der Waals surface area contributed by atoms with Crippen LogP contribution in [0.3, 0.4) is 0 Å². The van der Waals surface area contributed by atoms with Crippen LogP contribution in [0.25, 0.3) is 0 Å². The van der Waals surface area contributed by atoms with Crippen molar-refractivity contribution >= 4 is 41.3 Å². The quantitative estimate of drug-likeness (QED) is 0.359. The summed E-state index contributed by atoms with van der Waals surface area (Å²) in [4.78, 5) is 4.53. The van der Waals surface area contributed by atoms with Gasteiger partial charge >= 0.3 is 0 Å². The van der Waals surface area contributed by atoms with Crippen LogP contribution in [0.15, 0.2) is 34.2 Å². The van der Waals surface area contributed by atoms with Crippen molar-refractivity contribution in [3.05, 3.63) is 40.3 Å². The largest absolute Gasteiger partial charge is 0.383 e. The van der Waals surface area contributed by atoms with E-state index in [1.54, 1.807) is 29.1 Å². The van der Waals surface area contributed by atoms with Gasteiger partial charge < -0.3 is 15.7 Å². The third-order valence-electron chi connectivity index (χ3n) is 3.27. The van der Waals surface area contributed by atoms with Crippen molar-refractivity contribution in [3.8, 4) is 0 Å². The van der Waals surface area contributed by atoms with Crippen LogP contribution in [0.2, 0.25) is 0 Å². The predicted octanol–water partition coefficient (Wildman–Crippen LogP) is 2.06. The van der Waals surface area contributed by atoms with Crippen molar-refractivity contribution in [2.45, 2.75) is 26.0 Å². The van der Waals surface area contributed by atoms with Crippen LogP contribution in [0.1, 0.15) is 25.0 Å². The second-order valence-electron chi connectivity index (χ2n) is 5.36. The average molecular weight is 449 g/mol. The van der Waals surface area contributed by atoms with Gasteiger partial charge in [0.25, 0.3) is 0 Å². The number of aryl methyl sites for hydroxylation is 1. The first-order valence-corrected chi connectivity index (χ1v) is 8.20. The third kappa shape index (κ3) is 6.11. The van der Waals surface area contributed by atoms with Crippen LogP contribution in [-0.4, -0.2) is 33.9 Å². The maximum absolute atomic E-state index is 10.6. The van der Waals surface area contributed by atoms with E-state index >= 15 is 0 Å². The minimum absolute atomic E-state index is 0. The number of thiophene rings is 1. The Morgan fingerprint density at radius 2 is 2.26 bits per heavy atom. The summed E-state index contributed by atoms with van der Waals surface area (Å²) in [6.45, 7) is 5.52. The maximum atomic E-state index is 10.6. The number of aliphatic hydroxyl groups is 1. The molecule has 0 aliphatic carbocycles. The number of aliphatic imine (C=N–C) groups is 1. The van der Waals surface area contributed by atoms with Gasteiger partial charge in [-0.05, 0) is 36.2 Å². The van der Waals surface area contributed by atoms with Gasteiger partial charge in [0.2, 0.25) is 0 Å². The molecule has 2 aromatic rings. The summed E-state index contributed by atoms with van der Waals surface area (Å²) in [6.07, 6.45) is 3.49. The normalized spacial score (nSPS) is 14.0. The van der Waals surface area contributed by atoms with Crippen molar-refractivity contribution in [1.29, 1.82) is 0 Å². The second-order valence-corrected chi connectivity index (χ2v) is 6.14. The number of nitrogens with one attached hydrogen (secondary N) is 2. The molecule has 0 saturated heterocycles. The Hall–Kier alpha value is -1.13. The zero-order chi connectivity index (χ0) is 16.0. The number of hydrogen-bond acceptors (Lipinski definition) is 4. The molecule has 0 bridgehead atoms. The number of halogens is 1. The first kappa shape index (κ1) is 19.9. The summed E-state index contributed by atoms with van der Waals surface area (Å²) in [7, 11) is 1.83. The Labute approximate surface area is 158 Å². The van der Waals surface area contributed by atoms with E-state index in [4.69, 9.17) is 0 Å². The van der Waals surface area contributed by atoms with Crippen molar-refractivity contribution < 1.29 is 5.11 Å². The number of nitrogens with zero attached hydrogens (tertiary/aromatic N) is 3. The fourth-order valence-electron chi connectivity index (χ4n) is 1.95. The van der Waals surface area contributed by atoms with Crippen molar-refractivity contribution in [1.82, 2.24) is 20.4 Å². The van der Waals surface area contributed by atoms with Crippen LogP contribution in [0.4, 0.5) is 0 Å². The van der Waals surface area contributed by atoms with Crippen LogP contribution >= 0.6 is 35.3 Å². The fraction of sp³-hybridized carbons (Fsp3) is 0.467. The van der Waals surface area contributed by atoms with Gasteiger partial charge in [0.15, 0.2) is 5.96 Å². The lowest BCUT2D eigenvalue weighted by molar-refractivity contribution is 0.0616. The van der Waals surface area contributed by atoms with Crippen molar-refractivity contribution in [2.24, 2.45) is 12.0 Å². The van der Waals surface area contributed by atoms with Gasteiger partial charge in [-0.15, -0.1) is 24.0 Å². The van der Waals surface area contributed by atoms with Gasteiger partial charge in [-0.25, -0.2) is 4.99 Å². The summed E-state index contributed by atoms with van der Waals surface area (Å²) < 4.78 is 1.68. The van der Waals surface area contributed by atoms with E-state index in [9.17, 15) is 5.11 Å². The minimum Gasteiger partial charge on any atom is -0.383 e. The van der Waals surface area contributed by atoms with Crippen LogP contribution in [0.5, 0.6) is 0 Å². The molecule has 128 valence electrons. The highest BCUT2D eigenvalue weighted by Gasteiger charge is 2.24. The number of aromatic nitrogens is 2. The summed E-state index contributed by atoms with van der Waals surface area (Å²) in [6, 6.07) is 2.06. The summed E-state index contributed by atoms with van der Waals surface area (Å²) in [5.41, 5.74) is 0.949. The number of rotatable bonds is 6. The molecule has 0 saturated carbocycles. The molecular weight excluding hydrogens is 425 g/mol. The molecule has 0 spiro atoms. The summed E-state index contributed by atoms with van der Waals surface area (Å²) in [5.74, 6) is 0.692. The molecule has 0 amide bonds. The lowest BCUT2D eigenvalue weighted by Gasteiger charge is -2.23. The van der Waals surface area contributed by atoms with Gasteiger partial charge in [0.05, 0.1) is 19.3 Å². The first-order chi connectivity index (χ1) is 10.5. The van der Waals surface area contributed by atoms with E-state index in [-0.39, 0.29) is 24.0 Å². The van der Waals surface area contributed by atoms with E-state index < -0.39 is 5.60 Å². The molecule has 2 rings (SSSR count). The monoisotopic (exact) mass is 449 g/mol. The zero-order valence-electron chi connectivity index (χ0n) is 13.6. The SMILES string of the molecule is CCNC(=NCc1ccsc1)NCC(C)(O)c1cnn(C)c1.I. The van der Waals surface area contributed by atoms with E-state index in [2.05, 4.69) is 32.2 Å². The standard InChI is InChI=1S/C15H23N5OS.HI/c1-4-16-14(17-7-12-5-6-22-10-12)18-11-15(2,21)13-8-19-20(3)9-13;/h5-6,8-10,21H,4,7,11H2,1-3H3,(H2,16,17,18);1H. The third-order valence-corrected chi connectivity index (χ3v) is 4.00. The molecule has 0 radical (unpaired) electrons. The highest BCUT2D eigenvalue weighted by molar-refractivity contribution is 14.0. The Balaban J connectivity index is 0.00000264. The molecule has 8 heteroatoms. The van der Waals surface area contributed by atoms with Crippen molar-refractivity contribution in [3.63, 3.8) is 0 Å². The highest BCUT2D eigenvalue weighted by Crippen LogP contribution is 2.18. The number of guanidine groups is 1. The van der Waals surface area contributed by atoms with Gasteiger partial charge in [-0.1, -0.05) is 0 Å².